The van der Waals surface area contributed by atoms with Crippen LogP contribution in [-0.2, 0) is 4.74 Å². The third-order valence-electron chi connectivity index (χ3n) is 3.90. The van der Waals surface area contributed by atoms with Crippen molar-refractivity contribution in [1.29, 1.82) is 0 Å². The van der Waals surface area contributed by atoms with Crippen molar-refractivity contribution in [2.75, 3.05) is 19.0 Å². The van der Waals surface area contributed by atoms with Gasteiger partial charge in [0.05, 0.1) is 18.7 Å². The summed E-state index contributed by atoms with van der Waals surface area (Å²) in [7, 11) is 1.35. The van der Waals surface area contributed by atoms with Crippen LogP contribution in [0.15, 0.2) is 42.5 Å². The lowest BCUT2D eigenvalue weighted by molar-refractivity contribution is 0.0601. The molecule has 0 spiro atoms. The van der Waals surface area contributed by atoms with Crippen molar-refractivity contribution in [1.82, 2.24) is 5.32 Å². The zero-order valence-electron chi connectivity index (χ0n) is 15.5. The molecule has 0 bridgehead atoms. The Morgan fingerprint density at radius 3 is 2.62 bits per heavy atom. The predicted octanol–water partition coefficient (Wildman–Crippen LogP) is 3.84. The Kier molecular flexibility index (Phi) is 6.97. The van der Waals surface area contributed by atoms with Gasteiger partial charge < -0.3 is 20.1 Å². The van der Waals surface area contributed by atoms with Crippen LogP contribution in [0.1, 0.15) is 28.4 Å². The normalized spacial score (nSPS) is 11.4. The summed E-state index contributed by atoms with van der Waals surface area (Å²) in [5, 5.41) is 6.69. The Hall–Kier alpha value is -2.60. The predicted molar refractivity (Wildman–Crippen MR) is 108 cm³/mol. The highest BCUT2D eigenvalue weighted by molar-refractivity contribution is 7.80. The summed E-state index contributed by atoms with van der Waals surface area (Å²) in [4.78, 5) is 11.6. The number of rotatable bonds is 6. The molecule has 5 nitrogen and oxygen atoms in total. The van der Waals surface area contributed by atoms with Crippen LogP contribution in [0.3, 0.4) is 0 Å². The zero-order valence-corrected chi connectivity index (χ0v) is 16.3. The van der Waals surface area contributed by atoms with Crippen LogP contribution in [0.5, 0.6) is 5.75 Å². The number of esters is 1. The van der Waals surface area contributed by atoms with Gasteiger partial charge >= 0.3 is 5.97 Å². The molecule has 6 heteroatoms. The third kappa shape index (κ3) is 5.74. The van der Waals surface area contributed by atoms with Gasteiger partial charge in [0.1, 0.15) is 12.4 Å². The summed E-state index contributed by atoms with van der Waals surface area (Å²) in [6.45, 7) is 6.60. The molecule has 2 aromatic carbocycles. The molecular weight excluding hydrogens is 348 g/mol. The fourth-order valence-electron chi connectivity index (χ4n) is 2.30. The molecule has 0 amide bonds. The summed E-state index contributed by atoms with van der Waals surface area (Å²) in [6.07, 6.45) is 0. The number of hydrogen-bond acceptors (Lipinski definition) is 4. The molecule has 0 heterocycles. The number of hydrogen-bond donors (Lipinski definition) is 2. The van der Waals surface area contributed by atoms with Gasteiger partial charge in [-0.3, -0.25) is 0 Å². The molecule has 26 heavy (non-hydrogen) atoms. The molecule has 138 valence electrons. The first-order valence-corrected chi connectivity index (χ1v) is 8.76. The van der Waals surface area contributed by atoms with E-state index in [2.05, 4.69) is 24.5 Å². The van der Waals surface area contributed by atoms with E-state index in [0.29, 0.717) is 23.0 Å². The van der Waals surface area contributed by atoms with Crippen molar-refractivity contribution >= 4 is 29.0 Å². The van der Waals surface area contributed by atoms with Gasteiger partial charge in [-0.15, -0.1) is 0 Å². The summed E-state index contributed by atoms with van der Waals surface area (Å²) in [5.41, 5.74) is 3.62. The molecule has 0 fully saturated rings. The van der Waals surface area contributed by atoms with Crippen molar-refractivity contribution in [3.63, 3.8) is 0 Å². The summed E-state index contributed by atoms with van der Waals surface area (Å²) >= 11 is 5.32. The van der Waals surface area contributed by atoms with E-state index in [4.69, 9.17) is 21.7 Å². The van der Waals surface area contributed by atoms with Crippen molar-refractivity contribution in [3.8, 4) is 5.75 Å². The minimum absolute atomic E-state index is 0.0143. The van der Waals surface area contributed by atoms with Crippen molar-refractivity contribution < 1.29 is 14.3 Å². The van der Waals surface area contributed by atoms with E-state index in [-0.39, 0.29) is 12.0 Å². The van der Waals surface area contributed by atoms with Crippen molar-refractivity contribution in [2.45, 2.75) is 26.8 Å². The van der Waals surface area contributed by atoms with Gasteiger partial charge in [0.15, 0.2) is 5.11 Å². The minimum Gasteiger partial charge on any atom is -0.491 e. The number of ether oxygens (including phenoxy) is 2. The number of carbonyl (C=O) groups excluding carboxylic acids is 1. The smallest absolute Gasteiger partial charge is 0.337 e. The zero-order chi connectivity index (χ0) is 19.1. The maximum Gasteiger partial charge on any atom is 0.337 e. The molecule has 0 saturated carbocycles. The molecule has 2 rings (SSSR count). The van der Waals surface area contributed by atoms with Crippen LogP contribution in [0, 0.1) is 13.8 Å². The Morgan fingerprint density at radius 1 is 1.15 bits per heavy atom. The van der Waals surface area contributed by atoms with E-state index >= 15 is 0 Å². The van der Waals surface area contributed by atoms with E-state index in [1.807, 2.05) is 31.2 Å². The standard InChI is InChI=1S/C20H24N2O3S/c1-13-8-9-18(10-14(13)2)25-12-15(3)21-20(26)22-17-7-5-6-16(11-17)19(23)24-4/h5-11,15H,12H2,1-4H3,(H2,21,22,26). The largest absolute Gasteiger partial charge is 0.491 e. The second-order valence-corrected chi connectivity index (χ2v) is 6.54. The van der Waals surface area contributed by atoms with Gasteiger partial charge in [-0.2, -0.15) is 0 Å². The van der Waals surface area contributed by atoms with Gasteiger partial charge in [0, 0.05) is 5.69 Å². The average molecular weight is 372 g/mol. The van der Waals surface area contributed by atoms with Crippen molar-refractivity contribution in [3.05, 3.63) is 59.2 Å². The number of anilines is 1. The maximum absolute atomic E-state index is 11.6. The average Bonchev–Trinajstić information content (AvgIpc) is 2.62. The van der Waals surface area contributed by atoms with E-state index in [1.54, 1.807) is 18.2 Å². The lowest BCUT2D eigenvalue weighted by Gasteiger charge is -2.18. The second kappa shape index (κ2) is 9.20. The Morgan fingerprint density at radius 2 is 1.92 bits per heavy atom. The molecule has 2 N–H and O–H groups in total. The number of nitrogens with one attached hydrogen (secondary N) is 2. The quantitative estimate of drug-likeness (QED) is 0.593. The fraction of sp³-hybridized carbons (Fsp3) is 0.300. The third-order valence-corrected chi connectivity index (χ3v) is 4.12. The van der Waals surface area contributed by atoms with Gasteiger partial charge in [-0.1, -0.05) is 12.1 Å². The van der Waals surface area contributed by atoms with Gasteiger partial charge in [0.2, 0.25) is 0 Å². The first-order valence-electron chi connectivity index (χ1n) is 8.35. The highest BCUT2D eigenvalue weighted by atomic mass is 32.1. The molecule has 0 aromatic heterocycles. The maximum atomic E-state index is 11.6. The van der Waals surface area contributed by atoms with E-state index in [1.165, 1.54) is 18.2 Å². The number of carbonyl (C=O) groups is 1. The number of methoxy groups -OCH3 is 1. The van der Waals surface area contributed by atoms with Gasteiger partial charge in [-0.25, -0.2) is 4.79 Å². The second-order valence-electron chi connectivity index (χ2n) is 6.13. The first kappa shape index (κ1) is 19.7. The fourth-order valence-corrected chi connectivity index (χ4v) is 2.62. The molecule has 2 aromatic rings. The highest BCUT2D eigenvalue weighted by Crippen LogP contribution is 2.16. The van der Waals surface area contributed by atoms with Crippen LogP contribution in [-0.4, -0.2) is 30.8 Å². The van der Waals surface area contributed by atoms with Crippen LogP contribution in [0.25, 0.3) is 0 Å². The Bertz CT molecular complexity index is 792. The van der Waals surface area contributed by atoms with Gasteiger partial charge in [0.25, 0.3) is 0 Å². The molecule has 1 unspecified atom stereocenters. The van der Waals surface area contributed by atoms with E-state index in [0.717, 1.165) is 5.75 Å². The molecular formula is C20H24N2O3S. The summed E-state index contributed by atoms with van der Waals surface area (Å²) in [6, 6.07) is 13.0. The minimum atomic E-state index is -0.386. The molecule has 0 aliphatic heterocycles. The van der Waals surface area contributed by atoms with Crippen LogP contribution in [0.4, 0.5) is 5.69 Å². The van der Waals surface area contributed by atoms with Crippen LogP contribution >= 0.6 is 12.2 Å². The van der Waals surface area contributed by atoms with E-state index < -0.39 is 0 Å². The summed E-state index contributed by atoms with van der Waals surface area (Å²) in [5.74, 6) is 0.453. The summed E-state index contributed by atoms with van der Waals surface area (Å²) < 4.78 is 10.5. The molecule has 0 saturated heterocycles. The van der Waals surface area contributed by atoms with Crippen molar-refractivity contribution in [2.24, 2.45) is 0 Å². The molecule has 0 aliphatic carbocycles. The first-order chi connectivity index (χ1) is 12.4. The van der Waals surface area contributed by atoms with Crippen LogP contribution < -0.4 is 15.4 Å². The number of thiocarbonyl (C=S) groups is 1. The highest BCUT2D eigenvalue weighted by Gasteiger charge is 2.09. The Balaban J connectivity index is 1.85. The van der Waals surface area contributed by atoms with Gasteiger partial charge in [-0.05, 0) is 74.4 Å². The Labute approximate surface area is 159 Å². The molecule has 0 aliphatic rings. The van der Waals surface area contributed by atoms with Crippen LogP contribution in [0.2, 0.25) is 0 Å². The number of aryl methyl sites for hydroxylation is 2. The molecule has 1 atom stereocenters. The lowest BCUT2D eigenvalue weighted by Crippen LogP contribution is -2.39. The SMILES string of the molecule is COC(=O)c1cccc(NC(=S)NC(C)COc2ccc(C)c(C)c2)c1. The topological polar surface area (TPSA) is 59.6 Å². The lowest BCUT2D eigenvalue weighted by atomic mass is 10.1. The molecule has 0 radical (unpaired) electrons. The number of benzene rings is 2. The monoisotopic (exact) mass is 372 g/mol. The van der Waals surface area contributed by atoms with E-state index in [9.17, 15) is 4.79 Å².